The van der Waals surface area contributed by atoms with Gasteiger partial charge in [0.25, 0.3) is 11.1 Å². The summed E-state index contributed by atoms with van der Waals surface area (Å²) in [6, 6.07) is 13.5. The lowest BCUT2D eigenvalue weighted by Gasteiger charge is -2.27. The molecule has 34 heavy (non-hydrogen) atoms. The number of hydrogen-bond donors (Lipinski definition) is 1. The van der Waals surface area contributed by atoms with Crippen molar-refractivity contribution in [3.05, 3.63) is 70.1 Å². The Hall–Kier alpha value is -3.59. The highest BCUT2D eigenvalue weighted by Gasteiger charge is 2.37. The summed E-state index contributed by atoms with van der Waals surface area (Å²) in [5.74, 6) is -1.01. The molecule has 1 N–H and O–H groups in total. The van der Waals surface area contributed by atoms with E-state index in [-0.39, 0.29) is 29.5 Å². The molecule has 0 aromatic heterocycles. The monoisotopic (exact) mass is 480 g/mol. The van der Waals surface area contributed by atoms with Crippen molar-refractivity contribution in [3.63, 3.8) is 0 Å². The van der Waals surface area contributed by atoms with Crippen molar-refractivity contribution in [1.82, 2.24) is 9.80 Å². The number of aromatic carboxylic acids is 1. The van der Waals surface area contributed by atoms with Crippen molar-refractivity contribution < 1.29 is 29.0 Å². The molecule has 9 heteroatoms. The fraction of sp³-hybridized carbons (Fsp3) is 0.280. The summed E-state index contributed by atoms with van der Waals surface area (Å²) in [4.78, 5) is 51.5. The van der Waals surface area contributed by atoms with E-state index < -0.39 is 17.1 Å². The Labute approximate surface area is 201 Å². The van der Waals surface area contributed by atoms with E-state index in [1.165, 1.54) is 12.1 Å². The summed E-state index contributed by atoms with van der Waals surface area (Å²) < 4.78 is 5.73. The van der Waals surface area contributed by atoms with Crippen LogP contribution in [0.25, 0.3) is 6.08 Å². The summed E-state index contributed by atoms with van der Waals surface area (Å²) in [5, 5.41) is 8.52. The van der Waals surface area contributed by atoms with Crippen molar-refractivity contribution in [3.8, 4) is 5.75 Å². The molecule has 2 aliphatic heterocycles. The number of carboxylic acid groups (broad SMARTS) is 1. The average Bonchev–Trinajstić information content (AvgIpc) is 3.11. The third kappa shape index (κ3) is 5.66. The summed E-state index contributed by atoms with van der Waals surface area (Å²) in [6.07, 6.45) is 4.62. The number of carbonyl (C=O) groups excluding carboxylic acids is 3. The number of carbonyl (C=O) groups is 4. The predicted molar refractivity (Wildman–Crippen MR) is 127 cm³/mol. The van der Waals surface area contributed by atoms with E-state index in [1.807, 2.05) is 0 Å². The van der Waals surface area contributed by atoms with Crippen molar-refractivity contribution in [2.45, 2.75) is 25.9 Å². The van der Waals surface area contributed by atoms with Crippen molar-refractivity contribution in [2.75, 3.05) is 19.6 Å². The SMILES string of the molecule is O=C(O)c1ccc(COc2ccc(/C=C3\SC(=O)N(CC(=O)N4CCCCC4)C3=O)cc2)cc1. The maximum atomic E-state index is 12.7. The van der Waals surface area contributed by atoms with Gasteiger partial charge in [0.15, 0.2) is 0 Å². The fourth-order valence-electron chi connectivity index (χ4n) is 3.74. The molecule has 3 amide bonds. The minimum absolute atomic E-state index is 0.192. The first-order valence-electron chi connectivity index (χ1n) is 11.0. The summed E-state index contributed by atoms with van der Waals surface area (Å²) in [7, 11) is 0. The molecule has 8 nitrogen and oxygen atoms in total. The minimum Gasteiger partial charge on any atom is -0.489 e. The topological polar surface area (TPSA) is 104 Å². The lowest BCUT2D eigenvalue weighted by Crippen LogP contribution is -2.44. The second-order valence-corrected chi connectivity index (χ2v) is 9.06. The van der Waals surface area contributed by atoms with Gasteiger partial charge in [-0.25, -0.2) is 4.79 Å². The molecule has 2 aliphatic rings. The van der Waals surface area contributed by atoms with E-state index in [0.29, 0.717) is 18.8 Å². The van der Waals surface area contributed by atoms with Crippen molar-refractivity contribution in [2.24, 2.45) is 0 Å². The predicted octanol–water partition coefficient (Wildman–Crippen LogP) is 4.01. The van der Waals surface area contributed by atoms with Crippen LogP contribution in [0.3, 0.4) is 0 Å². The number of piperidine rings is 1. The Bertz CT molecular complexity index is 1120. The number of thioether (sulfide) groups is 1. The Morgan fingerprint density at radius 2 is 1.65 bits per heavy atom. The molecular formula is C25H24N2O6S. The Morgan fingerprint density at radius 1 is 0.971 bits per heavy atom. The zero-order valence-electron chi connectivity index (χ0n) is 18.4. The van der Waals surface area contributed by atoms with Gasteiger partial charge in [-0.2, -0.15) is 0 Å². The zero-order valence-corrected chi connectivity index (χ0v) is 19.3. The smallest absolute Gasteiger partial charge is 0.335 e. The average molecular weight is 481 g/mol. The van der Waals surface area contributed by atoms with Gasteiger partial charge in [-0.1, -0.05) is 24.3 Å². The molecular weight excluding hydrogens is 456 g/mol. The van der Waals surface area contributed by atoms with Crippen LogP contribution in [0.15, 0.2) is 53.4 Å². The molecule has 0 radical (unpaired) electrons. The number of carboxylic acids is 1. The molecule has 176 valence electrons. The first-order valence-corrected chi connectivity index (χ1v) is 11.8. The van der Waals surface area contributed by atoms with Gasteiger partial charge in [0.2, 0.25) is 5.91 Å². The van der Waals surface area contributed by atoms with Crippen molar-refractivity contribution >= 4 is 40.9 Å². The molecule has 0 aliphatic carbocycles. The standard InChI is InChI=1S/C25H24N2O6S/c28-22(26-12-2-1-3-13-26)15-27-23(29)21(34-25(27)32)14-17-6-10-20(11-7-17)33-16-18-4-8-19(9-5-18)24(30)31/h4-11,14H,1-3,12-13,15-16H2,(H,30,31)/b21-14-. The van der Waals surface area contributed by atoms with Crippen LogP contribution >= 0.6 is 11.8 Å². The molecule has 2 heterocycles. The number of nitrogens with zero attached hydrogens (tertiary/aromatic N) is 2. The van der Waals surface area contributed by atoms with Gasteiger partial charge < -0.3 is 14.7 Å². The van der Waals surface area contributed by atoms with Crippen LogP contribution < -0.4 is 4.74 Å². The molecule has 0 atom stereocenters. The second-order valence-electron chi connectivity index (χ2n) is 8.07. The number of rotatable bonds is 7. The van der Waals surface area contributed by atoms with Crippen LogP contribution in [0.1, 0.15) is 40.7 Å². The van der Waals surface area contributed by atoms with E-state index in [2.05, 4.69) is 0 Å². The molecule has 0 bridgehead atoms. The summed E-state index contributed by atoms with van der Waals surface area (Å²) >= 11 is 0.835. The molecule has 2 aromatic carbocycles. The van der Waals surface area contributed by atoms with Crippen LogP contribution in [-0.2, 0) is 16.2 Å². The number of ether oxygens (including phenoxy) is 1. The van der Waals surface area contributed by atoms with Gasteiger partial charge in [0, 0.05) is 13.1 Å². The maximum Gasteiger partial charge on any atom is 0.335 e. The molecule has 4 rings (SSSR count). The van der Waals surface area contributed by atoms with E-state index in [9.17, 15) is 19.2 Å². The molecule has 2 saturated heterocycles. The van der Waals surface area contributed by atoms with Crippen LogP contribution in [0, 0.1) is 0 Å². The van der Waals surface area contributed by atoms with Gasteiger partial charge in [-0.05, 0) is 72.5 Å². The largest absolute Gasteiger partial charge is 0.489 e. The van der Waals surface area contributed by atoms with Gasteiger partial charge in [0.05, 0.1) is 10.5 Å². The third-order valence-electron chi connectivity index (χ3n) is 5.66. The van der Waals surface area contributed by atoms with Gasteiger partial charge in [-0.3, -0.25) is 19.3 Å². The Morgan fingerprint density at radius 3 is 2.29 bits per heavy atom. The van der Waals surface area contributed by atoms with Gasteiger partial charge in [0.1, 0.15) is 18.9 Å². The zero-order chi connectivity index (χ0) is 24.1. The molecule has 2 fully saturated rings. The van der Waals surface area contributed by atoms with E-state index in [0.717, 1.165) is 47.1 Å². The molecule has 2 aromatic rings. The van der Waals surface area contributed by atoms with Crippen LogP contribution in [0.4, 0.5) is 4.79 Å². The number of likely N-dealkylation sites (tertiary alicyclic amines) is 1. The third-order valence-corrected chi connectivity index (χ3v) is 6.57. The lowest BCUT2D eigenvalue weighted by molar-refractivity contribution is -0.136. The fourth-order valence-corrected chi connectivity index (χ4v) is 4.58. The van der Waals surface area contributed by atoms with E-state index in [4.69, 9.17) is 9.84 Å². The highest BCUT2D eigenvalue weighted by molar-refractivity contribution is 8.18. The number of benzene rings is 2. The summed E-state index contributed by atoms with van der Waals surface area (Å²) in [5.41, 5.74) is 1.78. The lowest BCUT2D eigenvalue weighted by atomic mass is 10.1. The molecule has 0 spiro atoms. The quantitative estimate of drug-likeness (QED) is 0.597. The molecule has 0 saturated carbocycles. The van der Waals surface area contributed by atoms with E-state index in [1.54, 1.807) is 47.4 Å². The minimum atomic E-state index is -0.977. The van der Waals surface area contributed by atoms with Crippen LogP contribution in [0.2, 0.25) is 0 Å². The Kier molecular flexibility index (Phi) is 7.32. The second kappa shape index (κ2) is 10.6. The van der Waals surface area contributed by atoms with E-state index >= 15 is 0 Å². The van der Waals surface area contributed by atoms with Crippen LogP contribution in [0.5, 0.6) is 5.75 Å². The number of amides is 3. The first kappa shape index (κ1) is 23.6. The first-order chi connectivity index (χ1) is 16.4. The Balaban J connectivity index is 1.34. The number of hydrogen-bond acceptors (Lipinski definition) is 6. The highest BCUT2D eigenvalue weighted by atomic mass is 32.2. The molecule has 0 unspecified atom stereocenters. The highest BCUT2D eigenvalue weighted by Crippen LogP contribution is 2.32. The number of imide groups is 1. The summed E-state index contributed by atoms with van der Waals surface area (Å²) in [6.45, 7) is 1.41. The normalized spacial score (nSPS) is 17.4. The maximum absolute atomic E-state index is 12.7. The van der Waals surface area contributed by atoms with Crippen molar-refractivity contribution in [1.29, 1.82) is 0 Å². The van der Waals surface area contributed by atoms with Crippen LogP contribution in [-0.4, -0.2) is 57.6 Å². The van der Waals surface area contributed by atoms with Gasteiger partial charge in [-0.15, -0.1) is 0 Å². The van der Waals surface area contributed by atoms with Gasteiger partial charge >= 0.3 is 5.97 Å².